The summed E-state index contributed by atoms with van der Waals surface area (Å²) < 4.78 is 11.2. The van der Waals surface area contributed by atoms with Crippen LogP contribution in [0.3, 0.4) is 0 Å². The van der Waals surface area contributed by atoms with Gasteiger partial charge in [-0.3, -0.25) is 0 Å². The Balaban J connectivity index is 1.53. The number of aryl methyl sites for hydroxylation is 1. The molecular weight excluding hydrogens is 330 g/mol. The summed E-state index contributed by atoms with van der Waals surface area (Å²) >= 11 is 0. The maximum atomic E-state index is 11.1. The molecule has 3 saturated heterocycles. The van der Waals surface area contributed by atoms with Crippen LogP contribution in [0.2, 0.25) is 0 Å². The Morgan fingerprint density at radius 1 is 1.42 bits per heavy atom. The molecule has 6 heteroatoms. The monoisotopic (exact) mass is 355 g/mol. The van der Waals surface area contributed by atoms with Gasteiger partial charge in [-0.25, -0.2) is 0 Å². The first kappa shape index (κ1) is 17.2. The third-order valence-electron chi connectivity index (χ3n) is 5.53. The molecule has 3 aliphatic heterocycles. The Hall–Kier alpha value is -2.18. The molecule has 0 radical (unpaired) electrons. The summed E-state index contributed by atoms with van der Waals surface area (Å²) in [7, 11) is 0. The molecule has 3 fully saturated rings. The fourth-order valence-corrected chi connectivity index (χ4v) is 4.10. The number of fused-ring (bicyclic) bond motifs is 3. The van der Waals surface area contributed by atoms with Gasteiger partial charge in [0.15, 0.2) is 0 Å². The summed E-state index contributed by atoms with van der Waals surface area (Å²) in [6.45, 7) is 8.81. The van der Waals surface area contributed by atoms with Gasteiger partial charge in [0.05, 0.1) is 0 Å². The van der Waals surface area contributed by atoms with Gasteiger partial charge in [-0.05, 0) is 62.0 Å². The third-order valence-corrected chi connectivity index (χ3v) is 5.53. The molecular formula is C20H25N3O3. The smallest absolute Gasteiger partial charge is 0.223 e. The highest BCUT2D eigenvalue weighted by Crippen LogP contribution is 2.36. The molecule has 1 unspecified atom stereocenters. The number of aliphatic hydroxyl groups is 1. The highest BCUT2D eigenvalue weighted by Gasteiger charge is 2.46. The number of rotatable bonds is 6. The molecule has 1 aromatic carbocycles. The second kappa shape index (κ2) is 6.85. The molecule has 1 aromatic heterocycles. The van der Waals surface area contributed by atoms with Crippen molar-refractivity contribution in [2.45, 2.75) is 31.8 Å². The van der Waals surface area contributed by atoms with E-state index < -0.39 is 5.60 Å². The van der Waals surface area contributed by atoms with Crippen LogP contribution in [0, 0.1) is 12.8 Å². The fourth-order valence-electron chi connectivity index (χ4n) is 4.10. The second-order valence-electron chi connectivity index (χ2n) is 7.39. The van der Waals surface area contributed by atoms with E-state index in [0.717, 1.165) is 42.8 Å². The van der Waals surface area contributed by atoms with Crippen LogP contribution >= 0.6 is 0 Å². The first-order valence-electron chi connectivity index (χ1n) is 9.19. The first-order chi connectivity index (χ1) is 12.6. The summed E-state index contributed by atoms with van der Waals surface area (Å²) in [5.41, 5.74) is 1.13. The van der Waals surface area contributed by atoms with E-state index in [1.54, 1.807) is 6.92 Å². The van der Waals surface area contributed by atoms with Crippen molar-refractivity contribution in [2.24, 2.45) is 5.92 Å². The molecule has 26 heavy (non-hydrogen) atoms. The molecule has 4 heterocycles. The van der Waals surface area contributed by atoms with Gasteiger partial charge in [-0.1, -0.05) is 11.2 Å². The van der Waals surface area contributed by atoms with Gasteiger partial charge >= 0.3 is 0 Å². The highest BCUT2D eigenvalue weighted by atomic mass is 16.5. The summed E-state index contributed by atoms with van der Waals surface area (Å²) in [5, 5.41) is 15.0. The third kappa shape index (κ3) is 3.27. The van der Waals surface area contributed by atoms with Crippen LogP contribution in [0.1, 0.15) is 24.3 Å². The molecule has 2 aromatic rings. The predicted molar refractivity (Wildman–Crippen MR) is 98.0 cm³/mol. The summed E-state index contributed by atoms with van der Waals surface area (Å²) in [6.07, 6.45) is 4.62. The summed E-state index contributed by atoms with van der Waals surface area (Å²) in [6, 6.07) is 5.85. The molecule has 0 aliphatic carbocycles. The molecule has 138 valence electrons. The Morgan fingerprint density at radius 2 is 2.23 bits per heavy atom. The van der Waals surface area contributed by atoms with Crippen LogP contribution in [0.5, 0.6) is 5.75 Å². The number of hydrogen-bond donors (Lipinski definition) is 1. The number of benzene rings is 1. The zero-order valence-electron chi connectivity index (χ0n) is 15.1. The number of allylic oxidation sites excluding steroid dienone is 1. The van der Waals surface area contributed by atoms with E-state index in [1.807, 2.05) is 24.3 Å². The maximum absolute atomic E-state index is 11.1. The molecule has 1 N–H and O–H groups in total. The zero-order valence-corrected chi connectivity index (χ0v) is 15.1. The molecule has 0 saturated carbocycles. The molecule has 2 bridgehead atoms. The lowest BCUT2D eigenvalue weighted by Crippen LogP contribution is -2.61. The summed E-state index contributed by atoms with van der Waals surface area (Å²) in [5.74, 6) is 2.21. The molecule has 1 atom stereocenters. The normalized spacial score (nSPS) is 27.5. The Kier molecular flexibility index (Phi) is 4.54. The van der Waals surface area contributed by atoms with E-state index in [1.165, 1.54) is 0 Å². The van der Waals surface area contributed by atoms with Gasteiger partial charge in [-0.15, -0.1) is 6.58 Å². The average Bonchev–Trinajstić information content (AvgIpc) is 3.08. The number of nitrogens with zero attached hydrogens (tertiary/aromatic N) is 3. The van der Waals surface area contributed by atoms with Crippen molar-refractivity contribution in [1.29, 1.82) is 0 Å². The molecule has 6 nitrogen and oxygen atoms in total. The predicted octanol–water partition coefficient (Wildman–Crippen LogP) is 2.61. The van der Waals surface area contributed by atoms with E-state index in [0.29, 0.717) is 37.2 Å². The average molecular weight is 355 g/mol. The zero-order chi connectivity index (χ0) is 18.1. The van der Waals surface area contributed by atoms with Crippen LogP contribution in [-0.2, 0) is 6.42 Å². The molecule has 0 spiro atoms. The van der Waals surface area contributed by atoms with E-state index in [2.05, 4.69) is 21.6 Å². The van der Waals surface area contributed by atoms with Gasteiger partial charge in [-0.2, -0.15) is 4.98 Å². The Morgan fingerprint density at radius 3 is 2.85 bits per heavy atom. The van der Waals surface area contributed by atoms with E-state index in [-0.39, 0.29) is 0 Å². The van der Waals surface area contributed by atoms with E-state index >= 15 is 0 Å². The number of ether oxygens (including phenoxy) is 1. The van der Waals surface area contributed by atoms with Crippen molar-refractivity contribution in [3.8, 4) is 17.1 Å². The number of hydrogen-bond acceptors (Lipinski definition) is 6. The lowest BCUT2D eigenvalue weighted by molar-refractivity contribution is -0.131. The lowest BCUT2D eigenvalue weighted by atomic mass is 9.76. The minimum Gasteiger partial charge on any atom is -0.490 e. The molecule has 5 rings (SSSR count). The second-order valence-corrected chi connectivity index (χ2v) is 7.39. The van der Waals surface area contributed by atoms with Gasteiger partial charge < -0.3 is 19.3 Å². The topological polar surface area (TPSA) is 71.6 Å². The number of aromatic nitrogens is 2. The van der Waals surface area contributed by atoms with Crippen molar-refractivity contribution in [1.82, 2.24) is 15.0 Å². The van der Waals surface area contributed by atoms with Crippen LogP contribution in [0.4, 0.5) is 0 Å². The highest BCUT2D eigenvalue weighted by molar-refractivity contribution is 5.58. The van der Waals surface area contributed by atoms with Crippen molar-refractivity contribution in [3.63, 3.8) is 0 Å². The first-order valence-corrected chi connectivity index (χ1v) is 9.19. The Bertz CT molecular complexity index is 795. The minimum absolute atomic E-state index is 0.318. The standard InChI is InChI=1S/C20H25N3O3/c1-3-4-15-11-16(19-21-14(2)26-22-19)5-6-18(15)25-13-20(24)12-23-9-7-17(20)8-10-23/h3,5-6,11,17,24H,1,4,7-10,12-13H2,2H3. The lowest BCUT2D eigenvalue weighted by Gasteiger charge is -2.50. The van der Waals surface area contributed by atoms with Crippen molar-refractivity contribution in [2.75, 3.05) is 26.2 Å². The number of piperidine rings is 3. The molecule has 3 aliphatic rings. The van der Waals surface area contributed by atoms with Crippen molar-refractivity contribution in [3.05, 3.63) is 42.3 Å². The van der Waals surface area contributed by atoms with E-state index in [4.69, 9.17) is 9.26 Å². The van der Waals surface area contributed by atoms with Crippen LogP contribution in [0.15, 0.2) is 35.4 Å². The van der Waals surface area contributed by atoms with Gasteiger partial charge in [0.25, 0.3) is 0 Å². The SMILES string of the molecule is C=CCc1cc(-c2noc(C)n2)ccc1OCC1(O)CN2CCC1CC2. The maximum Gasteiger partial charge on any atom is 0.223 e. The van der Waals surface area contributed by atoms with E-state index in [9.17, 15) is 5.11 Å². The van der Waals surface area contributed by atoms with Crippen molar-refractivity contribution < 1.29 is 14.4 Å². The summed E-state index contributed by atoms with van der Waals surface area (Å²) in [4.78, 5) is 6.61. The van der Waals surface area contributed by atoms with Gasteiger partial charge in [0.2, 0.25) is 11.7 Å². The van der Waals surface area contributed by atoms with Crippen LogP contribution in [0.25, 0.3) is 11.4 Å². The molecule has 0 amide bonds. The van der Waals surface area contributed by atoms with Crippen LogP contribution < -0.4 is 4.74 Å². The Labute approximate surface area is 153 Å². The fraction of sp³-hybridized carbons (Fsp3) is 0.500. The van der Waals surface area contributed by atoms with Crippen molar-refractivity contribution >= 4 is 0 Å². The van der Waals surface area contributed by atoms with Gasteiger partial charge in [0.1, 0.15) is 18.0 Å². The minimum atomic E-state index is -0.759. The quantitative estimate of drug-likeness (QED) is 0.803. The van der Waals surface area contributed by atoms with Crippen LogP contribution in [-0.4, -0.2) is 52.0 Å². The van der Waals surface area contributed by atoms with Gasteiger partial charge in [0, 0.05) is 19.0 Å². The largest absolute Gasteiger partial charge is 0.490 e.